The first-order valence-electron chi connectivity index (χ1n) is 12.5. The van der Waals surface area contributed by atoms with Gasteiger partial charge >= 0.3 is 12.0 Å². The van der Waals surface area contributed by atoms with Gasteiger partial charge in [0.25, 0.3) is 0 Å². The topological polar surface area (TPSA) is 134 Å². The first-order chi connectivity index (χ1) is 19.6. The molecule has 0 aliphatic carbocycles. The Bertz CT molecular complexity index is 1630. The van der Waals surface area contributed by atoms with Gasteiger partial charge in [-0.1, -0.05) is 60.7 Å². The second-order valence-corrected chi connectivity index (χ2v) is 10.7. The maximum Gasteiger partial charge on any atom is 0.319 e. The smallest absolute Gasteiger partial charge is 0.319 e. The van der Waals surface area contributed by atoms with Gasteiger partial charge in [0.15, 0.2) is 0 Å². The molecule has 0 aliphatic rings. The molecule has 0 unspecified atom stereocenters. The van der Waals surface area contributed by atoms with E-state index in [-0.39, 0.29) is 23.0 Å². The molecule has 0 heterocycles. The fourth-order valence-corrected chi connectivity index (χ4v) is 5.56. The second kappa shape index (κ2) is 13.1. The monoisotopic (exact) mass is 577 g/mol. The molecular formula is C30H28FN3O6S. The Morgan fingerprint density at radius 3 is 2.29 bits per heavy atom. The van der Waals surface area contributed by atoms with Crippen LogP contribution in [0.4, 0.5) is 14.9 Å². The van der Waals surface area contributed by atoms with E-state index >= 15 is 0 Å². The van der Waals surface area contributed by atoms with Crippen LogP contribution in [0.25, 0.3) is 11.1 Å². The highest BCUT2D eigenvalue weighted by molar-refractivity contribution is 7.89. The minimum absolute atomic E-state index is 0.0813. The van der Waals surface area contributed by atoms with Gasteiger partial charge in [0.1, 0.15) is 16.5 Å². The Balaban J connectivity index is 1.55. The Morgan fingerprint density at radius 1 is 0.902 bits per heavy atom. The van der Waals surface area contributed by atoms with Crippen LogP contribution in [-0.2, 0) is 21.4 Å². The molecule has 0 aromatic heterocycles. The van der Waals surface area contributed by atoms with Crippen molar-refractivity contribution in [3.05, 3.63) is 114 Å². The molecule has 41 heavy (non-hydrogen) atoms. The molecule has 2 amide bonds. The van der Waals surface area contributed by atoms with E-state index < -0.39 is 34.5 Å². The number of methoxy groups -OCH3 is 1. The molecule has 4 aromatic carbocycles. The lowest BCUT2D eigenvalue weighted by atomic mass is 10.0. The largest absolute Gasteiger partial charge is 0.495 e. The Kier molecular flexibility index (Phi) is 9.33. The van der Waals surface area contributed by atoms with Gasteiger partial charge in [-0.05, 0) is 58.7 Å². The summed E-state index contributed by atoms with van der Waals surface area (Å²) in [6.45, 7) is 0.199. The zero-order chi connectivity index (χ0) is 29.4. The number of urea groups is 1. The second-order valence-electron chi connectivity index (χ2n) is 9.06. The number of anilines is 1. The number of carboxylic acid groups (broad SMARTS) is 1. The summed E-state index contributed by atoms with van der Waals surface area (Å²) in [5.41, 5.74) is 2.84. The number of carbonyl (C=O) groups is 2. The van der Waals surface area contributed by atoms with Crippen molar-refractivity contribution in [2.45, 2.75) is 23.9 Å². The number of sulfonamides is 1. The van der Waals surface area contributed by atoms with Crippen molar-refractivity contribution in [3.8, 4) is 16.9 Å². The molecule has 0 radical (unpaired) electrons. The number of rotatable bonds is 11. The first kappa shape index (κ1) is 29.2. The van der Waals surface area contributed by atoms with Crippen molar-refractivity contribution in [1.29, 1.82) is 0 Å². The van der Waals surface area contributed by atoms with Crippen LogP contribution in [0, 0.1) is 5.82 Å². The SMILES string of the molecule is COc1ccc(-c2cccc(NC(=O)NCc3ccc(F)cc3)c2)cc1S(=O)(=O)N[C@@H](CC(=O)O)c1ccccc1. The van der Waals surface area contributed by atoms with E-state index in [0.717, 1.165) is 5.56 Å². The summed E-state index contributed by atoms with van der Waals surface area (Å²) in [4.78, 5) is 23.7. The standard InChI is InChI=1S/C30H28FN3O6S/c1-40-27-15-12-23(17-28(27)41(38,39)34-26(18-29(35)36)21-6-3-2-4-7-21)22-8-5-9-25(16-22)33-30(37)32-19-20-10-13-24(31)14-11-20/h2-17,26,34H,18-19H2,1H3,(H,35,36)(H2,32,33,37)/t26-/m0/s1. The van der Waals surface area contributed by atoms with Crippen LogP contribution in [0.1, 0.15) is 23.6 Å². The van der Waals surface area contributed by atoms with E-state index in [4.69, 9.17) is 4.74 Å². The normalized spacial score (nSPS) is 11.9. The molecule has 9 nitrogen and oxygen atoms in total. The third-order valence-corrected chi connectivity index (χ3v) is 7.64. The summed E-state index contributed by atoms with van der Waals surface area (Å²) in [5, 5.41) is 14.8. The zero-order valence-electron chi connectivity index (χ0n) is 22.0. The van der Waals surface area contributed by atoms with Gasteiger partial charge in [-0.3, -0.25) is 4.79 Å². The minimum atomic E-state index is -4.23. The van der Waals surface area contributed by atoms with Gasteiger partial charge in [-0.2, -0.15) is 0 Å². The predicted molar refractivity (Wildman–Crippen MR) is 152 cm³/mol. The van der Waals surface area contributed by atoms with Crippen LogP contribution in [0.5, 0.6) is 5.75 Å². The molecule has 4 N–H and O–H groups in total. The summed E-state index contributed by atoms with van der Waals surface area (Å²) < 4.78 is 47.9. The van der Waals surface area contributed by atoms with Crippen molar-refractivity contribution in [2.24, 2.45) is 0 Å². The summed E-state index contributed by atoms with van der Waals surface area (Å²) >= 11 is 0. The maximum atomic E-state index is 13.5. The van der Waals surface area contributed by atoms with Crippen LogP contribution < -0.4 is 20.1 Å². The minimum Gasteiger partial charge on any atom is -0.495 e. The fraction of sp³-hybridized carbons (Fsp3) is 0.133. The van der Waals surface area contributed by atoms with E-state index in [2.05, 4.69) is 15.4 Å². The molecule has 0 fully saturated rings. The summed E-state index contributed by atoms with van der Waals surface area (Å²) in [5.74, 6) is -1.44. The molecule has 212 valence electrons. The molecular weight excluding hydrogens is 549 g/mol. The lowest BCUT2D eigenvalue weighted by Crippen LogP contribution is -2.30. The number of nitrogens with one attached hydrogen (secondary N) is 3. The summed E-state index contributed by atoms with van der Waals surface area (Å²) in [7, 11) is -2.89. The highest BCUT2D eigenvalue weighted by Gasteiger charge is 2.27. The number of ether oxygens (including phenoxy) is 1. The first-order valence-corrected chi connectivity index (χ1v) is 14.0. The van der Waals surface area contributed by atoms with Gasteiger partial charge in [0, 0.05) is 12.2 Å². The lowest BCUT2D eigenvalue weighted by molar-refractivity contribution is -0.137. The third-order valence-electron chi connectivity index (χ3n) is 6.15. The quantitative estimate of drug-likeness (QED) is 0.191. The van der Waals surface area contributed by atoms with Gasteiger partial charge in [0.2, 0.25) is 10.0 Å². The van der Waals surface area contributed by atoms with E-state index in [9.17, 15) is 27.5 Å². The lowest BCUT2D eigenvalue weighted by Gasteiger charge is -2.19. The van der Waals surface area contributed by atoms with Gasteiger partial charge in [-0.15, -0.1) is 0 Å². The Hall–Kier alpha value is -4.74. The van der Waals surface area contributed by atoms with E-state index in [1.807, 2.05) is 0 Å². The number of hydrogen-bond donors (Lipinski definition) is 4. The molecule has 0 spiro atoms. The number of amides is 2. The summed E-state index contributed by atoms with van der Waals surface area (Å²) in [6, 6.07) is 24.2. The molecule has 4 aromatic rings. The van der Waals surface area contributed by atoms with Crippen LogP contribution in [0.2, 0.25) is 0 Å². The van der Waals surface area contributed by atoms with Crippen LogP contribution >= 0.6 is 0 Å². The van der Waals surface area contributed by atoms with Crippen molar-refractivity contribution < 1.29 is 32.2 Å². The highest BCUT2D eigenvalue weighted by atomic mass is 32.2. The Labute approximate surface area is 237 Å². The average molecular weight is 578 g/mol. The Morgan fingerprint density at radius 2 is 1.61 bits per heavy atom. The molecule has 1 atom stereocenters. The molecule has 11 heteroatoms. The van der Waals surface area contributed by atoms with Crippen LogP contribution in [0.15, 0.2) is 102 Å². The number of hydrogen-bond acceptors (Lipinski definition) is 5. The van der Waals surface area contributed by atoms with E-state index in [1.54, 1.807) is 72.8 Å². The van der Waals surface area contributed by atoms with Gasteiger partial charge < -0.3 is 20.5 Å². The zero-order valence-corrected chi connectivity index (χ0v) is 22.8. The average Bonchev–Trinajstić information content (AvgIpc) is 2.96. The van der Waals surface area contributed by atoms with Gasteiger partial charge in [-0.25, -0.2) is 22.3 Å². The number of benzene rings is 4. The highest BCUT2D eigenvalue weighted by Crippen LogP contribution is 2.32. The third kappa shape index (κ3) is 7.90. The number of carboxylic acids is 1. The predicted octanol–water partition coefficient (Wildman–Crippen LogP) is 5.32. The van der Waals surface area contributed by atoms with Crippen molar-refractivity contribution >= 4 is 27.7 Å². The van der Waals surface area contributed by atoms with Gasteiger partial charge in [0.05, 0.1) is 19.6 Å². The maximum absolute atomic E-state index is 13.5. The van der Waals surface area contributed by atoms with Crippen LogP contribution in [0.3, 0.4) is 0 Å². The molecule has 4 rings (SSSR count). The van der Waals surface area contributed by atoms with Crippen molar-refractivity contribution in [3.63, 3.8) is 0 Å². The number of aliphatic carboxylic acids is 1. The molecule has 0 bridgehead atoms. The van der Waals surface area contributed by atoms with E-state index in [1.165, 1.54) is 31.4 Å². The van der Waals surface area contributed by atoms with Crippen molar-refractivity contribution in [2.75, 3.05) is 12.4 Å². The molecule has 0 aliphatic heterocycles. The fourth-order valence-electron chi connectivity index (χ4n) is 4.14. The number of halogens is 1. The summed E-state index contributed by atoms with van der Waals surface area (Å²) in [6.07, 6.45) is -0.456. The van der Waals surface area contributed by atoms with Crippen molar-refractivity contribution in [1.82, 2.24) is 10.0 Å². The molecule has 0 saturated heterocycles. The molecule has 0 saturated carbocycles. The van der Waals surface area contributed by atoms with E-state index in [0.29, 0.717) is 22.4 Å². The number of carbonyl (C=O) groups excluding carboxylic acids is 1. The van der Waals surface area contributed by atoms with Crippen LogP contribution in [-0.4, -0.2) is 32.6 Å².